The van der Waals surface area contributed by atoms with Crippen molar-refractivity contribution >= 4 is 23.5 Å². The lowest BCUT2D eigenvalue weighted by Gasteiger charge is -2.24. The van der Waals surface area contributed by atoms with Gasteiger partial charge in [0, 0.05) is 18.1 Å². The van der Waals surface area contributed by atoms with Gasteiger partial charge in [-0.2, -0.15) is 0 Å². The smallest absolute Gasteiger partial charge is 0.336 e. The molecule has 4 rings (SSSR count). The van der Waals surface area contributed by atoms with Gasteiger partial charge in [-0.15, -0.1) is 0 Å². The highest BCUT2D eigenvalue weighted by Gasteiger charge is 2.21. The SMILES string of the molecule is COc1ccc(CCCN(Cc2ccc(-c3ccccc3C(=O)O)cc2)C(=O)c2cc(Cl)ccc2OC)cc1. The van der Waals surface area contributed by atoms with Crippen LogP contribution in [0.3, 0.4) is 0 Å². The van der Waals surface area contributed by atoms with E-state index in [1.807, 2.05) is 54.6 Å². The van der Waals surface area contributed by atoms with Crippen molar-refractivity contribution in [2.75, 3.05) is 20.8 Å². The first-order valence-electron chi connectivity index (χ1n) is 12.6. The lowest BCUT2D eigenvalue weighted by molar-refractivity contribution is 0.0695. The predicted molar refractivity (Wildman–Crippen MR) is 153 cm³/mol. The molecule has 0 aliphatic heterocycles. The number of amides is 1. The summed E-state index contributed by atoms with van der Waals surface area (Å²) in [6.07, 6.45) is 1.55. The molecule has 0 aromatic heterocycles. The molecule has 7 heteroatoms. The summed E-state index contributed by atoms with van der Waals surface area (Å²) in [6, 6.07) is 27.5. The van der Waals surface area contributed by atoms with Gasteiger partial charge >= 0.3 is 5.97 Å². The number of carbonyl (C=O) groups is 2. The normalized spacial score (nSPS) is 10.6. The lowest BCUT2D eigenvalue weighted by Crippen LogP contribution is -2.32. The highest BCUT2D eigenvalue weighted by atomic mass is 35.5. The zero-order chi connectivity index (χ0) is 27.8. The van der Waals surface area contributed by atoms with Crippen LogP contribution in [-0.4, -0.2) is 42.6 Å². The number of benzene rings is 4. The first-order valence-corrected chi connectivity index (χ1v) is 12.9. The maximum Gasteiger partial charge on any atom is 0.336 e. The number of hydrogen-bond acceptors (Lipinski definition) is 4. The van der Waals surface area contributed by atoms with Crippen LogP contribution in [0, 0.1) is 0 Å². The number of nitrogens with zero attached hydrogens (tertiary/aromatic N) is 1. The average Bonchev–Trinajstić information content (AvgIpc) is 2.97. The zero-order valence-electron chi connectivity index (χ0n) is 21.9. The van der Waals surface area contributed by atoms with E-state index in [9.17, 15) is 14.7 Å². The van der Waals surface area contributed by atoms with Crippen molar-refractivity contribution in [3.05, 3.63) is 118 Å². The predicted octanol–water partition coefficient (Wildman–Crippen LogP) is 7.00. The van der Waals surface area contributed by atoms with Gasteiger partial charge in [0.2, 0.25) is 0 Å². The number of carboxylic acids is 1. The van der Waals surface area contributed by atoms with Crippen molar-refractivity contribution in [3.8, 4) is 22.6 Å². The van der Waals surface area contributed by atoms with Crippen molar-refractivity contribution in [2.24, 2.45) is 0 Å². The van der Waals surface area contributed by atoms with Crippen LogP contribution in [0.15, 0.2) is 91.0 Å². The molecule has 6 nitrogen and oxygen atoms in total. The maximum absolute atomic E-state index is 13.7. The van der Waals surface area contributed by atoms with Crippen LogP contribution in [0.25, 0.3) is 11.1 Å². The number of rotatable bonds is 11. The van der Waals surface area contributed by atoms with Crippen molar-refractivity contribution in [1.29, 1.82) is 0 Å². The van der Waals surface area contributed by atoms with E-state index in [0.717, 1.165) is 35.3 Å². The molecule has 0 saturated carbocycles. The largest absolute Gasteiger partial charge is 0.497 e. The molecule has 0 saturated heterocycles. The van der Waals surface area contributed by atoms with Gasteiger partial charge in [-0.05, 0) is 71.5 Å². The summed E-state index contributed by atoms with van der Waals surface area (Å²) in [5.41, 5.74) is 4.17. The third-order valence-electron chi connectivity index (χ3n) is 6.53. The zero-order valence-corrected chi connectivity index (χ0v) is 22.6. The molecular weight excluding hydrogens is 514 g/mol. The van der Waals surface area contributed by atoms with Crippen LogP contribution < -0.4 is 9.47 Å². The van der Waals surface area contributed by atoms with Gasteiger partial charge in [0.1, 0.15) is 11.5 Å². The van der Waals surface area contributed by atoms with E-state index in [2.05, 4.69) is 0 Å². The Kier molecular flexibility index (Phi) is 9.23. The Hall–Kier alpha value is -4.29. The molecule has 4 aromatic carbocycles. The van der Waals surface area contributed by atoms with Gasteiger partial charge in [-0.3, -0.25) is 4.79 Å². The van der Waals surface area contributed by atoms with Crippen LogP contribution in [0.1, 0.15) is 38.3 Å². The summed E-state index contributed by atoms with van der Waals surface area (Å²) in [5, 5.41) is 10.0. The minimum atomic E-state index is -0.973. The Morgan fingerprint density at radius 3 is 2.18 bits per heavy atom. The molecule has 39 heavy (non-hydrogen) atoms. The Morgan fingerprint density at radius 1 is 0.821 bits per heavy atom. The van der Waals surface area contributed by atoms with E-state index in [-0.39, 0.29) is 11.5 Å². The molecule has 4 aromatic rings. The second-order valence-electron chi connectivity index (χ2n) is 9.07. The molecule has 0 bridgehead atoms. The summed E-state index contributed by atoms with van der Waals surface area (Å²) < 4.78 is 10.7. The van der Waals surface area contributed by atoms with Gasteiger partial charge < -0.3 is 19.5 Å². The Balaban J connectivity index is 1.56. The summed E-state index contributed by atoms with van der Waals surface area (Å²) in [7, 11) is 3.17. The molecule has 0 atom stereocenters. The molecule has 0 spiro atoms. The summed E-state index contributed by atoms with van der Waals surface area (Å²) >= 11 is 6.22. The van der Waals surface area contributed by atoms with Crippen LogP contribution in [0.5, 0.6) is 11.5 Å². The summed E-state index contributed by atoms with van der Waals surface area (Å²) in [6.45, 7) is 0.891. The quantitative estimate of drug-likeness (QED) is 0.220. The van der Waals surface area contributed by atoms with E-state index in [1.165, 1.54) is 7.11 Å². The first-order chi connectivity index (χ1) is 18.9. The molecule has 0 heterocycles. The number of methoxy groups -OCH3 is 2. The number of aromatic carboxylic acids is 1. The lowest BCUT2D eigenvalue weighted by atomic mass is 9.98. The minimum absolute atomic E-state index is 0.176. The van der Waals surface area contributed by atoms with Crippen molar-refractivity contribution in [1.82, 2.24) is 4.90 Å². The Labute approximate surface area is 233 Å². The van der Waals surface area contributed by atoms with Gasteiger partial charge in [0.05, 0.1) is 25.3 Å². The molecule has 1 N–H and O–H groups in total. The van der Waals surface area contributed by atoms with E-state index in [4.69, 9.17) is 21.1 Å². The summed E-state index contributed by atoms with van der Waals surface area (Å²) in [5.74, 6) is 0.117. The molecule has 0 unspecified atom stereocenters. The molecule has 200 valence electrons. The fourth-order valence-electron chi connectivity index (χ4n) is 4.47. The Bertz CT molecular complexity index is 1430. The fourth-order valence-corrected chi connectivity index (χ4v) is 4.64. The standard InChI is InChI=1S/C32H30ClNO5/c1-38-26-16-11-22(12-17-26)6-5-19-34(31(35)29-20-25(33)15-18-30(29)39-2)21-23-9-13-24(14-10-23)27-7-3-4-8-28(27)32(36)37/h3-4,7-18,20H,5-6,19,21H2,1-2H3,(H,36,37). The van der Waals surface area contributed by atoms with Crippen LogP contribution >= 0.6 is 11.6 Å². The van der Waals surface area contributed by atoms with Gasteiger partial charge in [-0.25, -0.2) is 4.79 Å². The molecule has 0 fully saturated rings. The third kappa shape index (κ3) is 6.98. The molecule has 1 amide bonds. The van der Waals surface area contributed by atoms with E-state index >= 15 is 0 Å². The average molecular weight is 544 g/mol. The van der Waals surface area contributed by atoms with Crippen molar-refractivity contribution < 1.29 is 24.2 Å². The van der Waals surface area contributed by atoms with Crippen LogP contribution in [0.2, 0.25) is 5.02 Å². The fraction of sp³-hybridized carbons (Fsp3) is 0.188. The monoisotopic (exact) mass is 543 g/mol. The highest BCUT2D eigenvalue weighted by Crippen LogP contribution is 2.27. The van der Waals surface area contributed by atoms with E-state index in [1.54, 1.807) is 48.4 Å². The van der Waals surface area contributed by atoms with Crippen molar-refractivity contribution in [2.45, 2.75) is 19.4 Å². The second-order valence-corrected chi connectivity index (χ2v) is 9.51. The Morgan fingerprint density at radius 2 is 1.51 bits per heavy atom. The number of aryl methyl sites for hydroxylation is 1. The molecule has 0 radical (unpaired) electrons. The first kappa shape index (κ1) is 27.7. The van der Waals surface area contributed by atoms with Gasteiger partial charge in [0.25, 0.3) is 5.91 Å². The second kappa shape index (κ2) is 13.0. The van der Waals surface area contributed by atoms with Crippen molar-refractivity contribution in [3.63, 3.8) is 0 Å². The van der Waals surface area contributed by atoms with Crippen LogP contribution in [-0.2, 0) is 13.0 Å². The number of halogens is 1. The van der Waals surface area contributed by atoms with E-state index < -0.39 is 5.97 Å². The van der Waals surface area contributed by atoms with Crippen LogP contribution in [0.4, 0.5) is 0 Å². The maximum atomic E-state index is 13.7. The van der Waals surface area contributed by atoms with Gasteiger partial charge in [-0.1, -0.05) is 66.2 Å². The number of ether oxygens (including phenoxy) is 2. The molecule has 0 aliphatic rings. The molecular formula is C32H30ClNO5. The third-order valence-corrected chi connectivity index (χ3v) is 6.76. The topological polar surface area (TPSA) is 76.1 Å². The number of hydrogen-bond donors (Lipinski definition) is 1. The molecule has 0 aliphatic carbocycles. The number of carbonyl (C=O) groups excluding carboxylic acids is 1. The highest BCUT2D eigenvalue weighted by molar-refractivity contribution is 6.31. The van der Waals surface area contributed by atoms with Gasteiger partial charge in [0.15, 0.2) is 0 Å². The van der Waals surface area contributed by atoms with E-state index in [0.29, 0.717) is 35.0 Å². The number of carboxylic acid groups (broad SMARTS) is 1. The minimum Gasteiger partial charge on any atom is -0.497 e. The summed E-state index contributed by atoms with van der Waals surface area (Å²) in [4.78, 5) is 27.2.